The molecule has 0 radical (unpaired) electrons. The number of halogens is 1. The molecule has 1 N–H and O–H groups in total. The second kappa shape index (κ2) is 10.2. The topological polar surface area (TPSA) is 68.6 Å². The average molecular weight is 455 g/mol. The molecule has 0 spiro atoms. The van der Waals surface area contributed by atoms with Crippen molar-refractivity contribution >= 4 is 17.5 Å². The maximum Gasteiger partial charge on any atom is 0.256 e. The van der Waals surface area contributed by atoms with Crippen LogP contribution < -0.4 is 10.1 Å². The van der Waals surface area contributed by atoms with Gasteiger partial charge in [0.05, 0.1) is 43.3 Å². The Hall–Kier alpha value is -2.87. The fourth-order valence-electron chi connectivity index (χ4n) is 3.95. The quantitative estimate of drug-likeness (QED) is 0.590. The van der Waals surface area contributed by atoms with Crippen LogP contribution >= 0.6 is 11.6 Å². The van der Waals surface area contributed by atoms with E-state index in [2.05, 4.69) is 15.3 Å². The maximum atomic E-state index is 13.1. The van der Waals surface area contributed by atoms with Gasteiger partial charge in [0.1, 0.15) is 10.9 Å². The van der Waals surface area contributed by atoms with Crippen LogP contribution in [0.2, 0.25) is 5.15 Å². The lowest BCUT2D eigenvalue weighted by Crippen LogP contribution is -2.43. The zero-order chi connectivity index (χ0) is 22.5. The molecule has 0 unspecified atom stereocenters. The highest BCUT2D eigenvalue weighted by Gasteiger charge is 2.26. The van der Waals surface area contributed by atoms with Crippen molar-refractivity contribution in [3.8, 4) is 11.4 Å². The van der Waals surface area contributed by atoms with Crippen molar-refractivity contribution in [2.45, 2.75) is 13.0 Å². The number of morpholine rings is 1. The minimum Gasteiger partial charge on any atom is -0.497 e. The first kappa shape index (κ1) is 22.3. The summed E-state index contributed by atoms with van der Waals surface area (Å²) in [4.78, 5) is 15.5. The number of benzene rings is 2. The number of ether oxygens (including phenoxy) is 2. The van der Waals surface area contributed by atoms with Crippen LogP contribution in [0.15, 0.2) is 54.6 Å². The van der Waals surface area contributed by atoms with Gasteiger partial charge in [-0.3, -0.25) is 9.69 Å². The summed E-state index contributed by atoms with van der Waals surface area (Å²) in [6.45, 7) is 5.20. The molecule has 7 nitrogen and oxygen atoms in total. The number of aromatic nitrogens is 2. The van der Waals surface area contributed by atoms with Crippen LogP contribution in [0.4, 0.5) is 0 Å². The second-order valence-electron chi connectivity index (χ2n) is 7.65. The van der Waals surface area contributed by atoms with Gasteiger partial charge < -0.3 is 14.8 Å². The molecule has 4 rings (SSSR count). The third-order valence-electron chi connectivity index (χ3n) is 5.67. The van der Waals surface area contributed by atoms with Gasteiger partial charge in [-0.1, -0.05) is 41.9 Å². The standard InChI is InChI=1S/C24H27ClN4O3/c1-17-22(23(25)29(27-17)19-6-4-3-5-7-19)24(30)26-16-21(28-12-14-32-15-13-28)18-8-10-20(31-2)11-9-18/h3-11,21H,12-16H2,1-2H3,(H,26,30)/t21-/m1/s1. The number of nitrogens with zero attached hydrogens (tertiary/aromatic N) is 3. The zero-order valence-corrected chi connectivity index (χ0v) is 19.0. The number of aryl methyl sites for hydroxylation is 1. The van der Waals surface area contributed by atoms with Crippen molar-refractivity contribution in [1.29, 1.82) is 0 Å². The van der Waals surface area contributed by atoms with E-state index in [1.807, 2.05) is 54.6 Å². The summed E-state index contributed by atoms with van der Waals surface area (Å²) in [5, 5.41) is 7.86. The van der Waals surface area contributed by atoms with Crippen LogP contribution in [-0.2, 0) is 4.74 Å². The van der Waals surface area contributed by atoms with E-state index in [4.69, 9.17) is 21.1 Å². The number of para-hydroxylation sites is 1. The first-order valence-corrected chi connectivity index (χ1v) is 11.0. The van der Waals surface area contributed by atoms with Crippen molar-refractivity contribution < 1.29 is 14.3 Å². The van der Waals surface area contributed by atoms with E-state index in [1.165, 1.54) is 0 Å². The molecular weight excluding hydrogens is 428 g/mol. The predicted octanol–water partition coefficient (Wildman–Crippen LogP) is 3.65. The summed E-state index contributed by atoms with van der Waals surface area (Å²) < 4.78 is 12.4. The Morgan fingerprint density at radius 1 is 1.16 bits per heavy atom. The summed E-state index contributed by atoms with van der Waals surface area (Å²) >= 11 is 6.57. The van der Waals surface area contributed by atoms with E-state index < -0.39 is 0 Å². The van der Waals surface area contributed by atoms with Crippen molar-refractivity contribution in [2.24, 2.45) is 0 Å². The number of carbonyl (C=O) groups is 1. The third kappa shape index (κ3) is 4.80. The predicted molar refractivity (Wildman–Crippen MR) is 124 cm³/mol. The Morgan fingerprint density at radius 3 is 2.50 bits per heavy atom. The molecule has 8 heteroatoms. The number of hydrogen-bond donors (Lipinski definition) is 1. The SMILES string of the molecule is COc1ccc([C@@H](CNC(=O)c2c(C)nn(-c3ccccc3)c2Cl)N2CCOCC2)cc1. The van der Waals surface area contributed by atoms with E-state index in [0.29, 0.717) is 36.2 Å². The van der Waals surface area contributed by atoms with Crippen LogP contribution in [-0.4, -0.2) is 60.5 Å². The van der Waals surface area contributed by atoms with Crippen LogP contribution in [0.1, 0.15) is 27.7 Å². The number of rotatable bonds is 7. The van der Waals surface area contributed by atoms with E-state index in [9.17, 15) is 4.79 Å². The van der Waals surface area contributed by atoms with Gasteiger partial charge in [0, 0.05) is 19.6 Å². The van der Waals surface area contributed by atoms with Gasteiger partial charge in [0.15, 0.2) is 0 Å². The Labute approximate surface area is 192 Å². The largest absolute Gasteiger partial charge is 0.497 e. The number of amides is 1. The summed E-state index contributed by atoms with van der Waals surface area (Å²) in [6.07, 6.45) is 0. The molecule has 1 fully saturated rings. The van der Waals surface area contributed by atoms with Crippen molar-refractivity contribution in [3.05, 3.63) is 76.6 Å². The third-order valence-corrected chi connectivity index (χ3v) is 6.02. The van der Waals surface area contributed by atoms with E-state index in [1.54, 1.807) is 18.7 Å². The van der Waals surface area contributed by atoms with Gasteiger partial charge in [-0.25, -0.2) is 4.68 Å². The molecule has 2 aromatic carbocycles. The van der Waals surface area contributed by atoms with Crippen molar-refractivity contribution in [3.63, 3.8) is 0 Å². The molecule has 1 aliphatic heterocycles. The molecule has 0 aliphatic carbocycles. The molecule has 1 atom stereocenters. The Morgan fingerprint density at radius 2 is 1.84 bits per heavy atom. The minimum absolute atomic E-state index is 0.0111. The van der Waals surface area contributed by atoms with Crippen LogP contribution in [0.3, 0.4) is 0 Å². The Bertz CT molecular complexity index is 1050. The van der Waals surface area contributed by atoms with Crippen molar-refractivity contribution in [2.75, 3.05) is 40.0 Å². The first-order valence-electron chi connectivity index (χ1n) is 10.6. The summed E-state index contributed by atoms with van der Waals surface area (Å²) in [7, 11) is 1.65. The van der Waals surface area contributed by atoms with Gasteiger partial charge in [-0.2, -0.15) is 5.10 Å². The molecule has 1 aliphatic rings. The van der Waals surface area contributed by atoms with E-state index in [-0.39, 0.29) is 11.9 Å². The van der Waals surface area contributed by atoms with Gasteiger partial charge in [-0.05, 0) is 36.8 Å². The number of methoxy groups -OCH3 is 1. The lowest BCUT2D eigenvalue weighted by molar-refractivity contribution is 0.0162. The van der Waals surface area contributed by atoms with Crippen LogP contribution in [0, 0.1) is 6.92 Å². The molecule has 1 aromatic heterocycles. The highest BCUT2D eigenvalue weighted by atomic mass is 35.5. The normalized spacial score (nSPS) is 15.3. The summed E-state index contributed by atoms with van der Waals surface area (Å²) in [5.41, 5.74) is 2.90. The fourth-order valence-corrected chi connectivity index (χ4v) is 4.31. The monoisotopic (exact) mass is 454 g/mol. The minimum atomic E-state index is -0.235. The molecule has 1 amide bonds. The summed E-state index contributed by atoms with van der Waals surface area (Å²) in [5.74, 6) is 0.565. The molecule has 1 saturated heterocycles. The van der Waals surface area contributed by atoms with Crippen LogP contribution in [0.25, 0.3) is 5.69 Å². The van der Waals surface area contributed by atoms with Gasteiger partial charge in [0.25, 0.3) is 5.91 Å². The molecule has 3 aromatic rings. The maximum absolute atomic E-state index is 13.1. The number of carbonyl (C=O) groups excluding carboxylic acids is 1. The molecule has 168 valence electrons. The molecule has 32 heavy (non-hydrogen) atoms. The van der Waals surface area contributed by atoms with E-state index in [0.717, 1.165) is 30.1 Å². The lowest BCUT2D eigenvalue weighted by Gasteiger charge is -2.35. The molecular formula is C24H27ClN4O3. The van der Waals surface area contributed by atoms with Crippen molar-refractivity contribution in [1.82, 2.24) is 20.0 Å². The first-order chi connectivity index (χ1) is 15.6. The molecule has 0 bridgehead atoms. The average Bonchev–Trinajstić information content (AvgIpc) is 3.14. The van der Waals surface area contributed by atoms with Gasteiger partial charge in [0.2, 0.25) is 0 Å². The highest BCUT2D eigenvalue weighted by molar-refractivity contribution is 6.33. The van der Waals surface area contributed by atoms with Gasteiger partial charge >= 0.3 is 0 Å². The lowest BCUT2D eigenvalue weighted by atomic mass is 10.0. The zero-order valence-electron chi connectivity index (χ0n) is 18.3. The highest BCUT2D eigenvalue weighted by Crippen LogP contribution is 2.26. The Kier molecular flexibility index (Phi) is 7.09. The van der Waals surface area contributed by atoms with E-state index >= 15 is 0 Å². The second-order valence-corrected chi connectivity index (χ2v) is 8.00. The molecule has 2 heterocycles. The Balaban J connectivity index is 1.54. The number of nitrogens with one attached hydrogen (secondary N) is 1. The molecule has 0 saturated carbocycles. The summed E-state index contributed by atoms with van der Waals surface area (Å²) in [6, 6.07) is 17.5. The van der Waals surface area contributed by atoms with Gasteiger partial charge in [-0.15, -0.1) is 0 Å². The smallest absolute Gasteiger partial charge is 0.256 e. The number of hydrogen-bond acceptors (Lipinski definition) is 5. The van der Waals surface area contributed by atoms with Crippen LogP contribution in [0.5, 0.6) is 5.75 Å². The fraction of sp³-hybridized carbons (Fsp3) is 0.333.